The van der Waals surface area contributed by atoms with Gasteiger partial charge in [0.15, 0.2) is 0 Å². The van der Waals surface area contributed by atoms with E-state index in [4.69, 9.17) is 11.6 Å². The molecule has 0 bridgehead atoms. The smallest absolute Gasteiger partial charge is 0.0642 e. The fourth-order valence-electron chi connectivity index (χ4n) is 2.54. The predicted octanol–water partition coefficient (Wildman–Crippen LogP) is 3.86. The van der Waals surface area contributed by atoms with E-state index >= 15 is 0 Å². The minimum atomic E-state index is 0.857. The van der Waals surface area contributed by atoms with E-state index < -0.39 is 0 Å². The van der Waals surface area contributed by atoms with Crippen LogP contribution in [0.25, 0.3) is 0 Å². The van der Waals surface area contributed by atoms with Crippen LogP contribution in [0.4, 0.5) is 0 Å². The minimum absolute atomic E-state index is 0.857. The summed E-state index contributed by atoms with van der Waals surface area (Å²) in [6, 6.07) is 12.3. The quantitative estimate of drug-likeness (QED) is 0.791. The lowest BCUT2D eigenvalue weighted by Crippen LogP contribution is -2.43. The maximum atomic E-state index is 6.23. The molecule has 0 spiro atoms. The summed E-state index contributed by atoms with van der Waals surface area (Å²) in [7, 11) is 0. The molecule has 1 saturated heterocycles. The van der Waals surface area contributed by atoms with Crippen LogP contribution in [-0.2, 0) is 6.54 Å². The van der Waals surface area contributed by atoms with Crippen molar-refractivity contribution in [3.05, 3.63) is 56.7 Å². The molecule has 1 aliphatic heterocycles. The first-order valence-electron chi connectivity index (χ1n) is 7.52. The molecule has 3 nitrogen and oxygen atoms in total. The molecule has 2 aromatic rings. The monoisotopic (exact) mass is 333 g/mol. The lowest BCUT2D eigenvalue weighted by Gasteiger charge is -2.33. The summed E-state index contributed by atoms with van der Waals surface area (Å²) < 4.78 is 0. The Morgan fingerprint density at radius 2 is 1.91 bits per heavy atom. The zero-order valence-electron chi connectivity index (χ0n) is 12.7. The van der Waals surface area contributed by atoms with E-state index in [0.717, 1.165) is 37.7 Å². The Hall–Kier alpha value is -1.36. The Balaban J connectivity index is 1.50. The van der Waals surface area contributed by atoms with Crippen molar-refractivity contribution in [1.82, 2.24) is 9.91 Å². The minimum Gasteiger partial charge on any atom is -0.295 e. The van der Waals surface area contributed by atoms with Gasteiger partial charge in [-0.25, -0.2) is 0 Å². The number of halogens is 1. The number of piperazine rings is 1. The average molecular weight is 334 g/mol. The summed E-state index contributed by atoms with van der Waals surface area (Å²) in [6.45, 7) is 7.01. The standard InChI is InChI=1S/C17H20ClN3S/c1-14-6-7-16(22-14)12-19-21-10-8-20(9-11-21)13-15-4-2-3-5-17(15)18/h2-7,12H,8-11,13H2,1H3/b19-12-. The molecule has 116 valence electrons. The third-order valence-corrected chi connectivity index (χ3v) is 5.11. The van der Waals surface area contributed by atoms with Crippen LogP contribution >= 0.6 is 22.9 Å². The van der Waals surface area contributed by atoms with Gasteiger partial charge < -0.3 is 0 Å². The Morgan fingerprint density at radius 1 is 1.14 bits per heavy atom. The summed E-state index contributed by atoms with van der Waals surface area (Å²) in [5.41, 5.74) is 1.20. The summed E-state index contributed by atoms with van der Waals surface area (Å²) >= 11 is 8.01. The fourth-order valence-corrected chi connectivity index (χ4v) is 3.48. The van der Waals surface area contributed by atoms with Gasteiger partial charge in [0, 0.05) is 47.5 Å². The SMILES string of the molecule is Cc1ccc(/C=N\N2CCN(Cc3ccccc3Cl)CC2)s1. The van der Waals surface area contributed by atoms with E-state index in [-0.39, 0.29) is 0 Å². The molecule has 0 saturated carbocycles. The number of rotatable bonds is 4. The van der Waals surface area contributed by atoms with Crippen molar-refractivity contribution >= 4 is 29.2 Å². The topological polar surface area (TPSA) is 18.8 Å². The largest absolute Gasteiger partial charge is 0.295 e. The van der Waals surface area contributed by atoms with Crippen LogP contribution in [0.5, 0.6) is 0 Å². The highest BCUT2D eigenvalue weighted by Gasteiger charge is 2.16. The number of hydrogen-bond acceptors (Lipinski definition) is 4. The Kier molecular flexibility index (Phi) is 5.13. The van der Waals surface area contributed by atoms with Crippen molar-refractivity contribution < 1.29 is 0 Å². The van der Waals surface area contributed by atoms with Crippen LogP contribution in [0.1, 0.15) is 15.3 Å². The highest BCUT2D eigenvalue weighted by Crippen LogP contribution is 2.18. The molecule has 1 aromatic heterocycles. The van der Waals surface area contributed by atoms with Crippen molar-refractivity contribution in [1.29, 1.82) is 0 Å². The van der Waals surface area contributed by atoms with E-state index in [9.17, 15) is 0 Å². The fraction of sp³-hybridized carbons (Fsp3) is 0.353. The maximum Gasteiger partial charge on any atom is 0.0642 e. The van der Waals surface area contributed by atoms with Crippen molar-refractivity contribution in [2.45, 2.75) is 13.5 Å². The van der Waals surface area contributed by atoms with Gasteiger partial charge in [0.05, 0.1) is 6.21 Å². The second-order valence-corrected chi connectivity index (χ2v) is 7.24. The maximum absolute atomic E-state index is 6.23. The summed E-state index contributed by atoms with van der Waals surface area (Å²) in [5.74, 6) is 0. The highest BCUT2D eigenvalue weighted by atomic mass is 35.5. The predicted molar refractivity (Wildman–Crippen MR) is 95.0 cm³/mol. The molecule has 0 N–H and O–H groups in total. The van der Waals surface area contributed by atoms with Crippen LogP contribution in [0.15, 0.2) is 41.5 Å². The van der Waals surface area contributed by atoms with Gasteiger partial charge in [-0.2, -0.15) is 5.10 Å². The number of aryl methyl sites for hydroxylation is 1. The second kappa shape index (κ2) is 7.27. The number of nitrogens with zero attached hydrogens (tertiary/aromatic N) is 3. The van der Waals surface area contributed by atoms with E-state index in [1.807, 2.05) is 24.4 Å². The van der Waals surface area contributed by atoms with Gasteiger partial charge in [0.25, 0.3) is 0 Å². The van der Waals surface area contributed by atoms with Crippen LogP contribution < -0.4 is 0 Å². The zero-order chi connectivity index (χ0) is 15.4. The molecule has 22 heavy (non-hydrogen) atoms. The lowest BCUT2D eigenvalue weighted by atomic mass is 10.2. The van der Waals surface area contributed by atoms with Gasteiger partial charge >= 0.3 is 0 Å². The van der Waals surface area contributed by atoms with Gasteiger partial charge in [-0.05, 0) is 30.7 Å². The molecule has 0 aliphatic carbocycles. The van der Waals surface area contributed by atoms with Crippen LogP contribution in [0.2, 0.25) is 5.02 Å². The molecule has 0 unspecified atom stereocenters. The lowest BCUT2D eigenvalue weighted by molar-refractivity contribution is 0.131. The molecule has 0 atom stereocenters. The van der Waals surface area contributed by atoms with Gasteiger partial charge in [0.1, 0.15) is 0 Å². The van der Waals surface area contributed by atoms with Gasteiger partial charge in [-0.3, -0.25) is 9.91 Å². The van der Waals surface area contributed by atoms with Crippen molar-refractivity contribution in [2.24, 2.45) is 5.10 Å². The Labute approximate surface area is 140 Å². The van der Waals surface area contributed by atoms with E-state index in [1.165, 1.54) is 15.3 Å². The number of hydrazone groups is 1. The zero-order valence-corrected chi connectivity index (χ0v) is 14.3. The van der Waals surface area contributed by atoms with E-state index in [1.54, 1.807) is 11.3 Å². The number of benzene rings is 1. The molecule has 1 aliphatic rings. The Morgan fingerprint density at radius 3 is 2.59 bits per heavy atom. The van der Waals surface area contributed by atoms with Crippen molar-refractivity contribution in [3.63, 3.8) is 0 Å². The van der Waals surface area contributed by atoms with E-state index in [0.29, 0.717) is 0 Å². The molecular formula is C17H20ClN3S. The summed E-state index contributed by atoms with van der Waals surface area (Å²) in [5, 5.41) is 7.60. The average Bonchev–Trinajstić information content (AvgIpc) is 2.94. The first-order valence-corrected chi connectivity index (χ1v) is 8.71. The normalized spacial score (nSPS) is 16.5. The third-order valence-electron chi connectivity index (χ3n) is 3.81. The molecule has 2 heterocycles. The van der Waals surface area contributed by atoms with Gasteiger partial charge in [-0.1, -0.05) is 29.8 Å². The van der Waals surface area contributed by atoms with Crippen LogP contribution in [-0.4, -0.2) is 42.3 Å². The van der Waals surface area contributed by atoms with Crippen LogP contribution in [0.3, 0.4) is 0 Å². The number of hydrogen-bond donors (Lipinski definition) is 0. The van der Waals surface area contributed by atoms with Gasteiger partial charge in [0.2, 0.25) is 0 Å². The molecule has 5 heteroatoms. The molecule has 1 aromatic carbocycles. The molecule has 3 rings (SSSR count). The molecule has 0 radical (unpaired) electrons. The first-order chi connectivity index (χ1) is 10.7. The molecule has 1 fully saturated rings. The Bertz CT molecular complexity index is 645. The molecule has 0 amide bonds. The van der Waals surface area contributed by atoms with Crippen molar-refractivity contribution in [2.75, 3.05) is 26.2 Å². The summed E-state index contributed by atoms with van der Waals surface area (Å²) in [6.07, 6.45) is 1.97. The number of thiophene rings is 1. The van der Waals surface area contributed by atoms with Gasteiger partial charge in [-0.15, -0.1) is 11.3 Å². The molecular weight excluding hydrogens is 314 g/mol. The highest BCUT2D eigenvalue weighted by molar-refractivity contribution is 7.13. The van der Waals surface area contributed by atoms with Crippen LogP contribution in [0, 0.1) is 6.92 Å². The summed E-state index contributed by atoms with van der Waals surface area (Å²) in [4.78, 5) is 4.98. The van der Waals surface area contributed by atoms with Crippen molar-refractivity contribution in [3.8, 4) is 0 Å². The third kappa shape index (κ3) is 4.09. The second-order valence-electron chi connectivity index (χ2n) is 5.51. The first kappa shape index (κ1) is 15.5. The van der Waals surface area contributed by atoms with E-state index in [2.05, 4.69) is 40.1 Å².